The molecule has 0 saturated heterocycles. The Morgan fingerprint density at radius 2 is 2.27 bits per heavy atom. The molecule has 0 fully saturated rings. The lowest BCUT2D eigenvalue weighted by Gasteiger charge is -2.06. The highest BCUT2D eigenvalue weighted by molar-refractivity contribution is 5.15. The number of nitrogens with one attached hydrogen (secondary N) is 1. The van der Waals surface area contributed by atoms with Crippen LogP contribution in [-0.4, -0.2) is 38.4 Å². The first-order chi connectivity index (χ1) is 7.43. The Labute approximate surface area is 90.6 Å². The largest absolute Gasteiger partial charge is 0.492 e. The second kappa shape index (κ2) is 8.20. The molecule has 0 radical (unpaired) electrons. The molecule has 1 aromatic rings. The number of rotatable bonds is 8. The zero-order chi connectivity index (χ0) is 10.8. The maximum Gasteiger partial charge on any atom is 0.137 e. The smallest absolute Gasteiger partial charge is 0.137 e. The van der Waals surface area contributed by atoms with Crippen LogP contribution in [0.2, 0.25) is 0 Å². The fourth-order valence-electron chi connectivity index (χ4n) is 1.12. The van der Waals surface area contributed by atoms with Crippen LogP contribution in [0.1, 0.15) is 6.42 Å². The van der Waals surface area contributed by atoms with E-state index in [1.807, 2.05) is 12.1 Å². The Morgan fingerprint density at radius 3 is 3.00 bits per heavy atom. The monoisotopic (exact) mass is 210 g/mol. The molecule has 4 heteroatoms. The first-order valence-corrected chi connectivity index (χ1v) is 5.16. The quantitative estimate of drug-likeness (QED) is 0.652. The standard InChI is InChI=1S/C11H18N2O2/c1-14-9-7-12-6-3-8-15-11-4-2-5-13-10-11/h2,4-5,10,12H,3,6-9H2,1H3. The van der Waals surface area contributed by atoms with Gasteiger partial charge < -0.3 is 14.8 Å². The summed E-state index contributed by atoms with van der Waals surface area (Å²) >= 11 is 0. The van der Waals surface area contributed by atoms with E-state index >= 15 is 0 Å². The summed E-state index contributed by atoms with van der Waals surface area (Å²) in [7, 11) is 1.70. The van der Waals surface area contributed by atoms with E-state index in [-0.39, 0.29) is 0 Å². The van der Waals surface area contributed by atoms with Crippen LogP contribution >= 0.6 is 0 Å². The number of hydrogen-bond acceptors (Lipinski definition) is 4. The van der Waals surface area contributed by atoms with Crippen LogP contribution < -0.4 is 10.1 Å². The van der Waals surface area contributed by atoms with E-state index < -0.39 is 0 Å². The van der Waals surface area contributed by atoms with Crippen LogP contribution in [0.4, 0.5) is 0 Å². The molecule has 0 unspecified atom stereocenters. The number of pyridine rings is 1. The van der Waals surface area contributed by atoms with Gasteiger partial charge in [0.2, 0.25) is 0 Å². The SMILES string of the molecule is COCCNCCCOc1cccnc1. The molecule has 0 aromatic carbocycles. The van der Waals surface area contributed by atoms with Crippen LogP contribution in [0.5, 0.6) is 5.75 Å². The second-order valence-electron chi connectivity index (χ2n) is 3.13. The topological polar surface area (TPSA) is 43.4 Å². The Bertz CT molecular complexity index is 242. The Balaban J connectivity index is 1.93. The fraction of sp³-hybridized carbons (Fsp3) is 0.545. The minimum atomic E-state index is 0.714. The van der Waals surface area contributed by atoms with Gasteiger partial charge in [-0.05, 0) is 25.1 Å². The van der Waals surface area contributed by atoms with Gasteiger partial charge in [0, 0.05) is 19.9 Å². The Morgan fingerprint density at radius 1 is 1.33 bits per heavy atom. The first-order valence-electron chi connectivity index (χ1n) is 5.16. The molecule has 0 aliphatic rings. The van der Waals surface area contributed by atoms with E-state index in [1.54, 1.807) is 19.5 Å². The summed E-state index contributed by atoms with van der Waals surface area (Å²) in [5.41, 5.74) is 0. The Hall–Kier alpha value is -1.13. The lowest BCUT2D eigenvalue weighted by atomic mass is 10.4. The van der Waals surface area contributed by atoms with E-state index in [9.17, 15) is 0 Å². The molecule has 1 rings (SSSR count). The van der Waals surface area contributed by atoms with Crippen LogP contribution in [-0.2, 0) is 4.74 Å². The van der Waals surface area contributed by atoms with E-state index in [0.29, 0.717) is 6.61 Å². The third-order valence-corrected chi connectivity index (χ3v) is 1.88. The molecule has 0 saturated carbocycles. The first kappa shape index (κ1) is 11.9. The molecule has 0 bridgehead atoms. The molecule has 1 aromatic heterocycles. The summed E-state index contributed by atoms with van der Waals surface area (Å²) in [5.74, 6) is 0.828. The van der Waals surface area contributed by atoms with Gasteiger partial charge in [-0.3, -0.25) is 4.98 Å². The maximum absolute atomic E-state index is 5.48. The van der Waals surface area contributed by atoms with Gasteiger partial charge in [0.15, 0.2) is 0 Å². The molecule has 1 heterocycles. The van der Waals surface area contributed by atoms with Gasteiger partial charge in [0.05, 0.1) is 19.4 Å². The van der Waals surface area contributed by atoms with Crippen molar-refractivity contribution in [1.29, 1.82) is 0 Å². The zero-order valence-electron chi connectivity index (χ0n) is 9.11. The van der Waals surface area contributed by atoms with Crippen molar-refractivity contribution in [1.82, 2.24) is 10.3 Å². The molecular formula is C11H18N2O2. The predicted molar refractivity (Wildman–Crippen MR) is 59.1 cm³/mol. The van der Waals surface area contributed by atoms with Crippen molar-refractivity contribution in [2.24, 2.45) is 0 Å². The van der Waals surface area contributed by atoms with Crippen molar-refractivity contribution in [3.8, 4) is 5.75 Å². The summed E-state index contributed by atoms with van der Waals surface area (Å²) < 4.78 is 10.4. The van der Waals surface area contributed by atoms with Gasteiger partial charge in [0.1, 0.15) is 5.75 Å². The van der Waals surface area contributed by atoms with E-state index in [0.717, 1.165) is 31.9 Å². The summed E-state index contributed by atoms with van der Waals surface area (Å²) in [6.07, 6.45) is 4.44. The molecule has 0 spiro atoms. The molecular weight excluding hydrogens is 192 g/mol. The van der Waals surface area contributed by atoms with Crippen molar-refractivity contribution in [2.75, 3.05) is 33.4 Å². The molecule has 84 valence electrons. The van der Waals surface area contributed by atoms with E-state index in [1.165, 1.54) is 0 Å². The maximum atomic E-state index is 5.48. The Kier molecular flexibility index (Phi) is 6.53. The third-order valence-electron chi connectivity index (χ3n) is 1.88. The average Bonchev–Trinajstić information content (AvgIpc) is 2.29. The van der Waals surface area contributed by atoms with Crippen molar-refractivity contribution in [3.05, 3.63) is 24.5 Å². The number of hydrogen-bond donors (Lipinski definition) is 1. The molecule has 1 N–H and O–H groups in total. The highest BCUT2D eigenvalue weighted by Gasteiger charge is 1.92. The van der Waals surface area contributed by atoms with Gasteiger partial charge in [-0.15, -0.1) is 0 Å². The highest BCUT2D eigenvalue weighted by atomic mass is 16.5. The van der Waals surface area contributed by atoms with Gasteiger partial charge in [-0.2, -0.15) is 0 Å². The average molecular weight is 210 g/mol. The third kappa shape index (κ3) is 6.04. The normalized spacial score (nSPS) is 10.2. The highest BCUT2D eigenvalue weighted by Crippen LogP contribution is 2.05. The van der Waals surface area contributed by atoms with Gasteiger partial charge in [-0.25, -0.2) is 0 Å². The predicted octanol–water partition coefficient (Wildman–Crippen LogP) is 1.09. The van der Waals surface area contributed by atoms with Crippen LogP contribution in [0, 0.1) is 0 Å². The molecule has 0 aliphatic heterocycles. The van der Waals surface area contributed by atoms with Gasteiger partial charge in [0.25, 0.3) is 0 Å². The molecule has 0 aliphatic carbocycles. The number of nitrogens with zero attached hydrogens (tertiary/aromatic N) is 1. The summed E-state index contributed by atoms with van der Waals surface area (Å²) in [6.45, 7) is 3.31. The van der Waals surface area contributed by atoms with Crippen molar-refractivity contribution < 1.29 is 9.47 Å². The summed E-state index contributed by atoms with van der Waals surface area (Å²) in [4.78, 5) is 3.97. The van der Waals surface area contributed by atoms with Crippen molar-refractivity contribution >= 4 is 0 Å². The molecule has 15 heavy (non-hydrogen) atoms. The molecule has 0 atom stereocenters. The van der Waals surface area contributed by atoms with Crippen LogP contribution in [0.15, 0.2) is 24.5 Å². The lowest BCUT2D eigenvalue weighted by Crippen LogP contribution is -2.21. The minimum absolute atomic E-state index is 0.714. The minimum Gasteiger partial charge on any atom is -0.492 e. The fourth-order valence-corrected chi connectivity index (χ4v) is 1.12. The van der Waals surface area contributed by atoms with Gasteiger partial charge >= 0.3 is 0 Å². The second-order valence-corrected chi connectivity index (χ2v) is 3.13. The van der Waals surface area contributed by atoms with Gasteiger partial charge in [-0.1, -0.05) is 0 Å². The van der Waals surface area contributed by atoms with Crippen LogP contribution in [0.3, 0.4) is 0 Å². The van der Waals surface area contributed by atoms with Crippen molar-refractivity contribution in [3.63, 3.8) is 0 Å². The van der Waals surface area contributed by atoms with E-state index in [4.69, 9.17) is 9.47 Å². The molecule has 0 amide bonds. The molecule has 4 nitrogen and oxygen atoms in total. The summed E-state index contributed by atoms with van der Waals surface area (Å²) in [5, 5.41) is 3.25. The van der Waals surface area contributed by atoms with Crippen LogP contribution in [0.25, 0.3) is 0 Å². The van der Waals surface area contributed by atoms with E-state index in [2.05, 4.69) is 10.3 Å². The van der Waals surface area contributed by atoms with Crippen molar-refractivity contribution in [2.45, 2.75) is 6.42 Å². The summed E-state index contributed by atoms with van der Waals surface area (Å²) in [6, 6.07) is 3.78. The number of methoxy groups -OCH3 is 1. The number of aromatic nitrogens is 1. The zero-order valence-corrected chi connectivity index (χ0v) is 9.11. The number of ether oxygens (including phenoxy) is 2. The lowest BCUT2D eigenvalue weighted by molar-refractivity contribution is 0.198.